The van der Waals surface area contributed by atoms with Crippen LogP contribution in [0.2, 0.25) is 15.1 Å². The summed E-state index contributed by atoms with van der Waals surface area (Å²) in [5.41, 5.74) is 2.71. The van der Waals surface area contributed by atoms with E-state index in [1.54, 1.807) is 25.3 Å². The maximum atomic E-state index is 6.44. The van der Waals surface area contributed by atoms with Crippen LogP contribution in [0.4, 0.5) is 5.69 Å². The molecule has 0 aliphatic carbocycles. The Hall–Kier alpha value is -2.07. The van der Waals surface area contributed by atoms with Crippen molar-refractivity contribution in [1.29, 1.82) is 0 Å². The largest absolute Gasteiger partial charge is 0.493 e. The Morgan fingerprint density at radius 1 is 0.852 bits per heavy atom. The molecule has 0 saturated heterocycles. The molecule has 3 aromatic carbocycles. The van der Waals surface area contributed by atoms with E-state index in [0.29, 0.717) is 39.7 Å². The monoisotopic (exact) mass is 421 g/mol. The summed E-state index contributed by atoms with van der Waals surface area (Å²) in [6.07, 6.45) is 0. The zero-order valence-corrected chi connectivity index (χ0v) is 16.9. The highest BCUT2D eigenvalue weighted by atomic mass is 35.5. The van der Waals surface area contributed by atoms with Gasteiger partial charge in [-0.2, -0.15) is 0 Å². The Labute approximate surface area is 173 Å². The molecule has 6 heteroatoms. The molecular weight excluding hydrogens is 405 g/mol. The number of ether oxygens (including phenoxy) is 2. The van der Waals surface area contributed by atoms with Gasteiger partial charge in [-0.3, -0.25) is 0 Å². The summed E-state index contributed by atoms with van der Waals surface area (Å²) in [7, 11) is 1.60. The number of methoxy groups -OCH3 is 1. The van der Waals surface area contributed by atoms with E-state index in [4.69, 9.17) is 44.3 Å². The molecule has 0 unspecified atom stereocenters. The minimum absolute atomic E-state index is 0.436. The molecule has 3 aromatic rings. The lowest BCUT2D eigenvalue weighted by Crippen LogP contribution is -2.03. The van der Waals surface area contributed by atoms with Crippen LogP contribution in [-0.2, 0) is 13.2 Å². The van der Waals surface area contributed by atoms with Crippen molar-refractivity contribution in [3.63, 3.8) is 0 Å². The molecule has 3 rings (SSSR count). The van der Waals surface area contributed by atoms with E-state index >= 15 is 0 Å². The van der Waals surface area contributed by atoms with Crippen LogP contribution in [-0.4, -0.2) is 7.11 Å². The van der Waals surface area contributed by atoms with Crippen molar-refractivity contribution in [3.05, 3.63) is 86.9 Å². The molecule has 0 aromatic heterocycles. The fourth-order valence-electron chi connectivity index (χ4n) is 2.54. The zero-order chi connectivity index (χ0) is 19.2. The number of halogens is 3. The molecule has 0 spiro atoms. The maximum absolute atomic E-state index is 6.44. The van der Waals surface area contributed by atoms with E-state index in [1.165, 1.54) is 0 Å². The van der Waals surface area contributed by atoms with Crippen molar-refractivity contribution >= 4 is 40.5 Å². The van der Waals surface area contributed by atoms with Crippen LogP contribution in [0, 0.1) is 0 Å². The number of anilines is 1. The van der Waals surface area contributed by atoms with Gasteiger partial charge in [0, 0.05) is 22.7 Å². The molecule has 0 heterocycles. The Bertz CT molecular complexity index is 917. The molecule has 140 valence electrons. The summed E-state index contributed by atoms with van der Waals surface area (Å²) in [6, 6.07) is 18.8. The lowest BCUT2D eigenvalue weighted by atomic mass is 10.2. The lowest BCUT2D eigenvalue weighted by molar-refractivity contribution is 0.284. The lowest BCUT2D eigenvalue weighted by Gasteiger charge is -2.15. The van der Waals surface area contributed by atoms with E-state index in [0.717, 1.165) is 16.8 Å². The summed E-state index contributed by atoms with van der Waals surface area (Å²) in [4.78, 5) is 0. The minimum atomic E-state index is 0.436. The summed E-state index contributed by atoms with van der Waals surface area (Å²) in [6.45, 7) is 0.918. The first kappa shape index (κ1) is 19.7. The molecular formula is C21H18Cl3NO2. The van der Waals surface area contributed by atoms with Crippen molar-refractivity contribution in [2.75, 3.05) is 12.4 Å². The molecule has 0 saturated carbocycles. The Kier molecular flexibility index (Phi) is 6.73. The van der Waals surface area contributed by atoms with Gasteiger partial charge in [0.1, 0.15) is 6.61 Å². The molecule has 0 atom stereocenters. The Balaban J connectivity index is 1.73. The van der Waals surface area contributed by atoms with Gasteiger partial charge in [0.05, 0.1) is 17.8 Å². The number of hydrogen-bond donors (Lipinski definition) is 1. The topological polar surface area (TPSA) is 30.5 Å². The standard InChI is InChI=1S/C21H18Cl3NO2/c1-26-20-9-15(12-25-19-8-7-16(22)10-18(19)24)17(23)11-21(20)27-13-14-5-3-2-4-6-14/h2-11,25H,12-13H2,1H3. The first-order valence-electron chi connectivity index (χ1n) is 8.29. The van der Waals surface area contributed by atoms with Crippen molar-refractivity contribution in [2.24, 2.45) is 0 Å². The molecule has 0 radical (unpaired) electrons. The van der Waals surface area contributed by atoms with E-state index < -0.39 is 0 Å². The van der Waals surface area contributed by atoms with Crippen LogP contribution in [0.15, 0.2) is 60.7 Å². The van der Waals surface area contributed by atoms with Gasteiger partial charge in [0.15, 0.2) is 11.5 Å². The Morgan fingerprint density at radius 3 is 2.33 bits per heavy atom. The highest BCUT2D eigenvalue weighted by molar-refractivity contribution is 6.36. The summed E-state index contributed by atoms with van der Waals surface area (Å²) in [5.74, 6) is 1.22. The highest BCUT2D eigenvalue weighted by Crippen LogP contribution is 2.35. The van der Waals surface area contributed by atoms with E-state index in [-0.39, 0.29) is 0 Å². The summed E-state index contributed by atoms with van der Waals surface area (Å²) < 4.78 is 11.3. The molecule has 0 fully saturated rings. The first-order valence-corrected chi connectivity index (χ1v) is 9.42. The highest BCUT2D eigenvalue weighted by Gasteiger charge is 2.12. The second kappa shape index (κ2) is 9.23. The van der Waals surface area contributed by atoms with Gasteiger partial charge in [0.25, 0.3) is 0 Å². The van der Waals surface area contributed by atoms with Crippen LogP contribution in [0.5, 0.6) is 11.5 Å². The second-order valence-electron chi connectivity index (χ2n) is 5.85. The molecule has 0 bridgehead atoms. The van der Waals surface area contributed by atoms with Gasteiger partial charge in [-0.05, 0) is 35.4 Å². The third kappa shape index (κ3) is 5.23. The van der Waals surface area contributed by atoms with Crippen molar-refractivity contribution in [2.45, 2.75) is 13.2 Å². The van der Waals surface area contributed by atoms with Crippen molar-refractivity contribution in [3.8, 4) is 11.5 Å². The average molecular weight is 423 g/mol. The van der Waals surface area contributed by atoms with Crippen molar-refractivity contribution in [1.82, 2.24) is 0 Å². The van der Waals surface area contributed by atoms with Crippen molar-refractivity contribution < 1.29 is 9.47 Å². The predicted molar refractivity (Wildman–Crippen MR) is 113 cm³/mol. The summed E-state index contributed by atoms with van der Waals surface area (Å²) in [5, 5.41) is 4.97. The SMILES string of the molecule is COc1cc(CNc2ccc(Cl)cc2Cl)c(Cl)cc1OCc1ccccc1. The minimum Gasteiger partial charge on any atom is -0.493 e. The number of benzene rings is 3. The third-order valence-corrected chi connectivity index (χ3v) is 4.87. The smallest absolute Gasteiger partial charge is 0.163 e. The van der Waals surface area contributed by atoms with Crippen LogP contribution >= 0.6 is 34.8 Å². The fourth-order valence-corrected chi connectivity index (χ4v) is 3.24. The third-order valence-electron chi connectivity index (χ3n) is 3.97. The van der Waals surface area contributed by atoms with Gasteiger partial charge in [-0.15, -0.1) is 0 Å². The quantitative estimate of drug-likeness (QED) is 0.452. The molecule has 3 nitrogen and oxygen atoms in total. The van der Waals surface area contributed by atoms with Crippen LogP contribution in [0.25, 0.3) is 0 Å². The van der Waals surface area contributed by atoms with E-state index in [9.17, 15) is 0 Å². The van der Waals surface area contributed by atoms with Crippen LogP contribution in [0.3, 0.4) is 0 Å². The first-order chi connectivity index (χ1) is 13.1. The zero-order valence-electron chi connectivity index (χ0n) is 14.6. The predicted octanol–water partition coefficient (Wildman–Crippen LogP) is 6.85. The second-order valence-corrected chi connectivity index (χ2v) is 7.10. The number of nitrogens with one attached hydrogen (secondary N) is 1. The molecule has 0 amide bonds. The maximum Gasteiger partial charge on any atom is 0.163 e. The van der Waals surface area contributed by atoms with Gasteiger partial charge >= 0.3 is 0 Å². The molecule has 0 aliphatic heterocycles. The van der Waals surface area contributed by atoms with Crippen LogP contribution in [0.1, 0.15) is 11.1 Å². The van der Waals surface area contributed by atoms with Gasteiger partial charge in [0.2, 0.25) is 0 Å². The number of hydrogen-bond acceptors (Lipinski definition) is 3. The fraction of sp³-hybridized carbons (Fsp3) is 0.143. The van der Waals surface area contributed by atoms with Gasteiger partial charge in [-0.25, -0.2) is 0 Å². The van der Waals surface area contributed by atoms with Crippen LogP contribution < -0.4 is 14.8 Å². The summed E-state index contributed by atoms with van der Waals surface area (Å²) >= 11 is 18.6. The molecule has 0 aliphatic rings. The van der Waals surface area contributed by atoms with E-state index in [2.05, 4.69) is 5.32 Å². The van der Waals surface area contributed by atoms with E-state index in [1.807, 2.05) is 42.5 Å². The molecule has 27 heavy (non-hydrogen) atoms. The number of rotatable bonds is 7. The van der Waals surface area contributed by atoms with Gasteiger partial charge < -0.3 is 14.8 Å². The Morgan fingerprint density at radius 2 is 1.63 bits per heavy atom. The van der Waals surface area contributed by atoms with Gasteiger partial charge in [-0.1, -0.05) is 65.1 Å². The molecule has 1 N–H and O–H groups in total. The average Bonchev–Trinajstić information content (AvgIpc) is 2.67. The normalized spacial score (nSPS) is 10.5.